The molecule has 2 heterocycles. The van der Waals surface area contributed by atoms with Gasteiger partial charge in [-0.3, -0.25) is 9.36 Å². The van der Waals surface area contributed by atoms with Crippen molar-refractivity contribution in [1.82, 2.24) is 9.55 Å². The minimum atomic E-state index is -3.39. The van der Waals surface area contributed by atoms with Crippen molar-refractivity contribution in [2.24, 2.45) is 0 Å². The van der Waals surface area contributed by atoms with Crippen molar-refractivity contribution in [3.63, 3.8) is 0 Å². The van der Waals surface area contributed by atoms with Gasteiger partial charge in [0.25, 0.3) is 11.9 Å². The van der Waals surface area contributed by atoms with Gasteiger partial charge in [-0.25, -0.2) is 13.8 Å². The topological polar surface area (TPSA) is 62.6 Å². The monoisotopic (exact) mass is 492 g/mol. The maximum atomic E-state index is 13.5. The van der Waals surface area contributed by atoms with Gasteiger partial charge in [0.05, 0.1) is 18.2 Å². The van der Waals surface area contributed by atoms with Crippen molar-refractivity contribution in [1.29, 1.82) is 0 Å². The van der Waals surface area contributed by atoms with E-state index in [1.807, 2.05) is 0 Å². The predicted molar refractivity (Wildman–Crippen MR) is 117 cm³/mol. The first-order valence-electron chi connectivity index (χ1n) is 10.1. The standard InChI is InChI=1S/C24H17F5N2O4/c1-33-16-9-5-15(6-10-16)31-12-14-4-11-18(35-22(27)21(25)26)30-20(14)19(23(31)32)13-2-7-17(8-3-13)34-24(28)29/h2-12,21-22,24H,1H3. The number of benzene rings is 2. The second-order valence-corrected chi connectivity index (χ2v) is 7.17. The predicted octanol–water partition coefficient (Wildman–Crippen LogP) is 5.60. The molecule has 1 unspecified atom stereocenters. The lowest BCUT2D eigenvalue weighted by molar-refractivity contribution is -0.0688. The molecule has 0 aliphatic rings. The van der Waals surface area contributed by atoms with Crippen molar-refractivity contribution in [2.75, 3.05) is 7.11 Å². The Kier molecular flexibility index (Phi) is 6.85. The molecular formula is C24H17F5N2O4. The van der Waals surface area contributed by atoms with E-state index in [2.05, 4.69) is 14.5 Å². The SMILES string of the molecule is COc1ccc(-n2cc3ccc(OC(F)C(F)F)nc3c(-c3ccc(OC(F)F)cc3)c2=O)cc1. The Morgan fingerprint density at radius 3 is 2.09 bits per heavy atom. The third-order valence-electron chi connectivity index (χ3n) is 4.99. The van der Waals surface area contributed by atoms with Crippen molar-refractivity contribution in [3.8, 4) is 34.2 Å². The van der Waals surface area contributed by atoms with Gasteiger partial charge in [-0.15, -0.1) is 0 Å². The quantitative estimate of drug-likeness (QED) is 0.300. The van der Waals surface area contributed by atoms with Crippen LogP contribution in [0.4, 0.5) is 22.0 Å². The normalized spacial score (nSPS) is 12.2. The molecule has 0 saturated carbocycles. The number of nitrogens with zero attached hydrogens (tertiary/aromatic N) is 2. The second-order valence-electron chi connectivity index (χ2n) is 7.17. The van der Waals surface area contributed by atoms with E-state index in [1.54, 1.807) is 24.3 Å². The molecule has 0 aliphatic heterocycles. The van der Waals surface area contributed by atoms with Gasteiger partial charge in [-0.05, 0) is 48.0 Å². The molecule has 1 atom stereocenters. The summed E-state index contributed by atoms with van der Waals surface area (Å²) in [6, 6.07) is 14.5. The highest BCUT2D eigenvalue weighted by Gasteiger charge is 2.22. The summed E-state index contributed by atoms with van der Waals surface area (Å²) in [6.07, 6.45) is -4.82. The number of rotatable bonds is 8. The smallest absolute Gasteiger partial charge is 0.387 e. The van der Waals surface area contributed by atoms with Crippen LogP contribution in [0.15, 0.2) is 71.7 Å². The van der Waals surface area contributed by atoms with Crippen LogP contribution in [-0.4, -0.2) is 36.1 Å². The summed E-state index contributed by atoms with van der Waals surface area (Å²) >= 11 is 0. The summed E-state index contributed by atoms with van der Waals surface area (Å²) in [5.74, 6) is -0.0138. The molecule has 0 radical (unpaired) electrons. The first-order valence-corrected chi connectivity index (χ1v) is 10.1. The van der Waals surface area contributed by atoms with Crippen LogP contribution in [0, 0.1) is 0 Å². The van der Waals surface area contributed by atoms with Crippen molar-refractivity contribution < 1.29 is 36.2 Å². The first kappa shape index (κ1) is 24.0. The van der Waals surface area contributed by atoms with Gasteiger partial charge in [-0.1, -0.05) is 12.1 Å². The van der Waals surface area contributed by atoms with Crippen LogP contribution in [0.5, 0.6) is 17.4 Å². The summed E-state index contributed by atoms with van der Waals surface area (Å²) in [7, 11) is 1.50. The van der Waals surface area contributed by atoms with E-state index >= 15 is 0 Å². The molecule has 2 aromatic carbocycles. The summed E-state index contributed by atoms with van der Waals surface area (Å²) in [6.45, 7) is -3.03. The minimum Gasteiger partial charge on any atom is -0.497 e. The van der Waals surface area contributed by atoms with Crippen LogP contribution >= 0.6 is 0 Å². The summed E-state index contributed by atoms with van der Waals surface area (Å²) < 4.78 is 79.1. The average molecular weight is 492 g/mol. The average Bonchev–Trinajstić information content (AvgIpc) is 2.84. The number of fused-ring (bicyclic) bond motifs is 1. The second kappa shape index (κ2) is 10.00. The van der Waals surface area contributed by atoms with E-state index in [4.69, 9.17) is 4.74 Å². The van der Waals surface area contributed by atoms with E-state index in [0.29, 0.717) is 16.8 Å². The van der Waals surface area contributed by atoms with Crippen molar-refractivity contribution in [3.05, 3.63) is 77.2 Å². The van der Waals surface area contributed by atoms with E-state index in [9.17, 15) is 26.7 Å². The summed E-state index contributed by atoms with van der Waals surface area (Å²) in [5.41, 5.74) is 0.264. The molecule has 2 aromatic heterocycles. The highest BCUT2D eigenvalue weighted by molar-refractivity contribution is 5.93. The van der Waals surface area contributed by atoms with Gasteiger partial charge >= 0.3 is 13.0 Å². The maximum absolute atomic E-state index is 13.5. The fraction of sp³-hybridized carbons (Fsp3) is 0.167. The Balaban J connectivity index is 1.90. The van der Waals surface area contributed by atoms with Crippen LogP contribution < -0.4 is 19.8 Å². The van der Waals surface area contributed by atoms with Crippen LogP contribution in [0.2, 0.25) is 0 Å². The molecule has 0 fully saturated rings. The molecule has 4 rings (SSSR count). The lowest BCUT2D eigenvalue weighted by atomic mass is 10.0. The Bertz CT molecular complexity index is 1380. The summed E-state index contributed by atoms with van der Waals surface area (Å²) in [5, 5.41) is 0.406. The molecule has 0 N–H and O–H groups in total. The first-order chi connectivity index (χ1) is 16.8. The molecule has 6 nitrogen and oxygen atoms in total. The zero-order chi connectivity index (χ0) is 25.1. The number of pyridine rings is 2. The number of aromatic nitrogens is 2. The largest absolute Gasteiger partial charge is 0.497 e. The number of alkyl halides is 5. The lowest BCUT2D eigenvalue weighted by Crippen LogP contribution is -2.22. The number of hydrogen-bond donors (Lipinski definition) is 0. The fourth-order valence-electron chi connectivity index (χ4n) is 3.41. The molecule has 0 spiro atoms. The number of methoxy groups -OCH3 is 1. The Hall–Kier alpha value is -4.15. The van der Waals surface area contributed by atoms with E-state index in [1.165, 1.54) is 54.3 Å². The maximum Gasteiger partial charge on any atom is 0.387 e. The summed E-state index contributed by atoms with van der Waals surface area (Å²) in [4.78, 5) is 17.6. The van der Waals surface area contributed by atoms with Crippen LogP contribution in [0.25, 0.3) is 27.7 Å². The van der Waals surface area contributed by atoms with Gasteiger partial charge < -0.3 is 14.2 Å². The molecule has 35 heavy (non-hydrogen) atoms. The number of ether oxygens (including phenoxy) is 3. The van der Waals surface area contributed by atoms with Gasteiger partial charge in [0.2, 0.25) is 5.88 Å². The zero-order valence-corrected chi connectivity index (χ0v) is 18.0. The molecule has 0 aliphatic carbocycles. The highest BCUT2D eigenvalue weighted by atomic mass is 19.3. The molecule has 0 amide bonds. The van der Waals surface area contributed by atoms with Crippen molar-refractivity contribution in [2.45, 2.75) is 19.4 Å². The molecule has 0 saturated heterocycles. The van der Waals surface area contributed by atoms with Gasteiger partial charge in [0.1, 0.15) is 11.5 Å². The lowest BCUT2D eigenvalue weighted by Gasteiger charge is -2.15. The molecule has 0 bridgehead atoms. The molecule has 4 aromatic rings. The van der Waals surface area contributed by atoms with Crippen molar-refractivity contribution >= 4 is 10.9 Å². The fourth-order valence-corrected chi connectivity index (χ4v) is 3.41. The van der Waals surface area contributed by atoms with Gasteiger partial charge in [-0.2, -0.15) is 13.2 Å². The van der Waals surface area contributed by atoms with E-state index < -0.39 is 30.8 Å². The Labute approximate surface area is 195 Å². The van der Waals surface area contributed by atoms with Crippen LogP contribution in [0.3, 0.4) is 0 Å². The Morgan fingerprint density at radius 1 is 0.829 bits per heavy atom. The third kappa shape index (κ3) is 5.18. The molecular weight excluding hydrogens is 475 g/mol. The Morgan fingerprint density at radius 2 is 1.49 bits per heavy atom. The zero-order valence-electron chi connectivity index (χ0n) is 18.0. The third-order valence-corrected chi connectivity index (χ3v) is 4.99. The minimum absolute atomic E-state index is 0.0137. The molecule has 11 heteroatoms. The van der Waals surface area contributed by atoms with E-state index in [-0.39, 0.29) is 22.4 Å². The number of hydrogen-bond acceptors (Lipinski definition) is 5. The van der Waals surface area contributed by atoms with E-state index in [0.717, 1.165) is 0 Å². The molecule has 182 valence electrons. The van der Waals surface area contributed by atoms with Crippen LogP contribution in [-0.2, 0) is 0 Å². The highest BCUT2D eigenvalue weighted by Crippen LogP contribution is 2.29. The van der Waals surface area contributed by atoms with Crippen LogP contribution in [0.1, 0.15) is 0 Å². The number of halogens is 5. The van der Waals surface area contributed by atoms with Gasteiger partial charge in [0.15, 0.2) is 0 Å². The van der Waals surface area contributed by atoms with Gasteiger partial charge in [0, 0.05) is 23.3 Å².